The molecule has 0 unspecified atom stereocenters. The number of aryl methyl sites for hydroxylation is 1. The zero-order valence-electron chi connectivity index (χ0n) is 15.5. The SMILES string of the molecule is CN(C)C(=O)CCc1ccccc1NC(=O)NCCOc1ccc(F)cc1. The maximum absolute atomic E-state index is 12.8. The van der Waals surface area contributed by atoms with Crippen molar-refractivity contribution in [1.82, 2.24) is 10.2 Å². The number of nitrogens with one attached hydrogen (secondary N) is 2. The summed E-state index contributed by atoms with van der Waals surface area (Å²) < 4.78 is 18.2. The van der Waals surface area contributed by atoms with Crippen LogP contribution in [0, 0.1) is 5.82 Å². The minimum Gasteiger partial charge on any atom is -0.492 e. The van der Waals surface area contributed by atoms with Gasteiger partial charge in [0.2, 0.25) is 5.91 Å². The van der Waals surface area contributed by atoms with Gasteiger partial charge < -0.3 is 20.3 Å². The average Bonchev–Trinajstić information content (AvgIpc) is 2.65. The van der Waals surface area contributed by atoms with Crippen molar-refractivity contribution in [2.24, 2.45) is 0 Å². The van der Waals surface area contributed by atoms with Crippen molar-refractivity contribution in [2.45, 2.75) is 12.8 Å². The fraction of sp³-hybridized carbons (Fsp3) is 0.300. The first kappa shape index (κ1) is 20.2. The van der Waals surface area contributed by atoms with Crippen LogP contribution in [0.3, 0.4) is 0 Å². The number of rotatable bonds is 8. The topological polar surface area (TPSA) is 70.7 Å². The predicted molar refractivity (Wildman–Crippen MR) is 102 cm³/mol. The summed E-state index contributed by atoms with van der Waals surface area (Å²) in [6, 6.07) is 12.7. The Morgan fingerprint density at radius 1 is 1.07 bits per heavy atom. The van der Waals surface area contributed by atoms with Gasteiger partial charge in [0.25, 0.3) is 0 Å². The Hall–Kier alpha value is -3.09. The molecule has 0 aromatic heterocycles. The van der Waals surface area contributed by atoms with Crippen molar-refractivity contribution in [2.75, 3.05) is 32.6 Å². The number of hydrogen-bond donors (Lipinski definition) is 2. The van der Waals surface area contributed by atoms with Crippen LogP contribution in [0.15, 0.2) is 48.5 Å². The van der Waals surface area contributed by atoms with E-state index in [-0.39, 0.29) is 24.4 Å². The Bertz CT molecular complexity index is 763. The van der Waals surface area contributed by atoms with Gasteiger partial charge in [0.05, 0.1) is 6.54 Å². The zero-order valence-corrected chi connectivity index (χ0v) is 15.5. The molecule has 0 aliphatic rings. The van der Waals surface area contributed by atoms with Crippen LogP contribution in [0.5, 0.6) is 5.75 Å². The molecule has 0 aliphatic carbocycles. The third kappa shape index (κ3) is 6.97. The normalized spacial score (nSPS) is 10.2. The molecule has 2 aromatic carbocycles. The lowest BCUT2D eigenvalue weighted by Crippen LogP contribution is -2.32. The number of amides is 3. The maximum Gasteiger partial charge on any atom is 0.319 e. The van der Waals surface area contributed by atoms with Crippen LogP contribution in [0.4, 0.5) is 14.9 Å². The van der Waals surface area contributed by atoms with E-state index in [1.807, 2.05) is 18.2 Å². The van der Waals surface area contributed by atoms with E-state index in [2.05, 4.69) is 10.6 Å². The lowest BCUT2D eigenvalue weighted by molar-refractivity contribution is -0.128. The molecule has 0 bridgehead atoms. The second-order valence-corrected chi connectivity index (χ2v) is 6.13. The van der Waals surface area contributed by atoms with E-state index >= 15 is 0 Å². The minimum absolute atomic E-state index is 0.0344. The van der Waals surface area contributed by atoms with Crippen LogP contribution >= 0.6 is 0 Å². The van der Waals surface area contributed by atoms with Gasteiger partial charge in [-0.05, 0) is 42.3 Å². The van der Waals surface area contributed by atoms with Gasteiger partial charge in [0.15, 0.2) is 0 Å². The van der Waals surface area contributed by atoms with E-state index in [4.69, 9.17) is 4.74 Å². The van der Waals surface area contributed by atoms with Gasteiger partial charge in [0.1, 0.15) is 18.2 Å². The molecule has 2 aromatic rings. The molecule has 0 radical (unpaired) electrons. The predicted octanol–water partition coefficient (Wildman–Crippen LogP) is 3.05. The molecular weight excluding hydrogens is 349 g/mol. The Morgan fingerprint density at radius 2 is 1.78 bits per heavy atom. The van der Waals surface area contributed by atoms with Gasteiger partial charge in [-0.2, -0.15) is 0 Å². The van der Waals surface area contributed by atoms with Gasteiger partial charge in [-0.3, -0.25) is 4.79 Å². The summed E-state index contributed by atoms with van der Waals surface area (Å²) in [7, 11) is 3.43. The highest BCUT2D eigenvalue weighted by Crippen LogP contribution is 2.17. The number of para-hydroxylation sites is 1. The lowest BCUT2D eigenvalue weighted by atomic mass is 10.1. The molecular formula is C20H24FN3O3. The van der Waals surface area contributed by atoms with Crippen LogP contribution in [-0.4, -0.2) is 44.1 Å². The number of anilines is 1. The fourth-order valence-corrected chi connectivity index (χ4v) is 2.36. The summed E-state index contributed by atoms with van der Waals surface area (Å²) in [5, 5.41) is 5.49. The van der Waals surface area contributed by atoms with Crippen LogP contribution in [0.25, 0.3) is 0 Å². The van der Waals surface area contributed by atoms with E-state index < -0.39 is 0 Å². The quantitative estimate of drug-likeness (QED) is 0.699. The fourth-order valence-electron chi connectivity index (χ4n) is 2.36. The van der Waals surface area contributed by atoms with Crippen LogP contribution in [0.1, 0.15) is 12.0 Å². The molecule has 2 rings (SSSR count). The number of nitrogens with zero attached hydrogens (tertiary/aromatic N) is 1. The van der Waals surface area contributed by atoms with Gasteiger partial charge in [-0.15, -0.1) is 0 Å². The molecule has 0 atom stereocenters. The Kier molecular flexibility index (Phi) is 7.61. The standard InChI is InChI=1S/C20H24FN3O3/c1-24(2)19(25)12-7-15-5-3-4-6-18(15)23-20(26)22-13-14-27-17-10-8-16(21)9-11-17/h3-6,8-11H,7,12-14H2,1-2H3,(H2,22,23,26). The highest BCUT2D eigenvalue weighted by molar-refractivity contribution is 5.90. The van der Waals surface area contributed by atoms with Crippen LogP contribution < -0.4 is 15.4 Å². The average molecular weight is 373 g/mol. The van der Waals surface area contributed by atoms with E-state index in [9.17, 15) is 14.0 Å². The Balaban J connectivity index is 1.78. The molecule has 7 heteroatoms. The Morgan fingerprint density at radius 3 is 2.48 bits per heavy atom. The number of hydrogen-bond acceptors (Lipinski definition) is 3. The molecule has 6 nitrogen and oxygen atoms in total. The van der Waals surface area contributed by atoms with E-state index in [1.165, 1.54) is 24.3 Å². The first-order chi connectivity index (χ1) is 13.0. The molecule has 0 saturated heterocycles. The summed E-state index contributed by atoms with van der Waals surface area (Å²) in [5.41, 5.74) is 1.56. The minimum atomic E-state index is -0.357. The number of halogens is 1. The van der Waals surface area contributed by atoms with E-state index in [0.29, 0.717) is 30.8 Å². The van der Waals surface area contributed by atoms with Gasteiger partial charge in [-0.1, -0.05) is 18.2 Å². The molecule has 0 spiro atoms. The molecule has 3 amide bonds. The highest BCUT2D eigenvalue weighted by Gasteiger charge is 2.09. The summed E-state index contributed by atoms with van der Waals surface area (Å²) in [6.07, 6.45) is 0.917. The van der Waals surface area contributed by atoms with Crippen molar-refractivity contribution >= 4 is 17.6 Å². The van der Waals surface area contributed by atoms with Crippen molar-refractivity contribution in [3.8, 4) is 5.75 Å². The molecule has 0 fully saturated rings. The number of ether oxygens (including phenoxy) is 1. The Labute approximate surface area is 158 Å². The summed E-state index contributed by atoms with van der Waals surface area (Å²) >= 11 is 0. The first-order valence-corrected chi connectivity index (χ1v) is 8.67. The van der Waals surface area contributed by atoms with Crippen molar-refractivity contribution < 1.29 is 18.7 Å². The third-order valence-electron chi connectivity index (χ3n) is 3.84. The molecule has 0 saturated carbocycles. The molecule has 144 valence electrons. The van der Waals surface area contributed by atoms with E-state index in [1.54, 1.807) is 25.1 Å². The van der Waals surface area contributed by atoms with Crippen LogP contribution in [0.2, 0.25) is 0 Å². The largest absolute Gasteiger partial charge is 0.492 e. The maximum atomic E-state index is 12.8. The third-order valence-corrected chi connectivity index (χ3v) is 3.84. The highest BCUT2D eigenvalue weighted by atomic mass is 19.1. The molecule has 27 heavy (non-hydrogen) atoms. The van der Waals surface area contributed by atoms with Crippen molar-refractivity contribution in [3.05, 3.63) is 59.9 Å². The molecule has 0 heterocycles. The van der Waals surface area contributed by atoms with Crippen LogP contribution in [-0.2, 0) is 11.2 Å². The summed E-state index contributed by atoms with van der Waals surface area (Å²) in [4.78, 5) is 25.4. The van der Waals surface area contributed by atoms with Gasteiger partial charge >= 0.3 is 6.03 Å². The molecule has 2 N–H and O–H groups in total. The smallest absolute Gasteiger partial charge is 0.319 e. The van der Waals surface area contributed by atoms with Crippen molar-refractivity contribution in [3.63, 3.8) is 0 Å². The number of benzene rings is 2. The van der Waals surface area contributed by atoms with E-state index in [0.717, 1.165) is 5.56 Å². The monoisotopic (exact) mass is 373 g/mol. The number of urea groups is 1. The first-order valence-electron chi connectivity index (χ1n) is 8.67. The number of carbonyl (C=O) groups is 2. The summed E-state index contributed by atoms with van der Waals surface area (Å²) in [5.74, 6) is 0.243. The van der Waals surface area contributed by atoms with Gasteiger partial charge in [-0.25, -0.2) is 9.18 Å². The number of carbonyl (C=O) groups excluding carboxylic acids is 2. The lowest BCUT2D eigenvalue weighted by Gasteiger charge is -2.14. The second kappa shape index (κ2) is 10.2. The van der Waals surface area contributed by atoms with Crippen molar-refractivity contribution in [1.29, 1.82) is 0 Å². The molecule has 0 aliphatic heterocycles. The second-order valence-electron chi connectivity index (χ2n) is 6.13. The van der Waals surface area contributed by atoms with Gasteiger partial charge in [0, 0.05) is 26.2 Å². The summed E-state index contributed by atoms with van der Waals surface area (Å²) in [6.45, 7) is 0.558. The zero-order chi connectivity index (χ0) is 19.6.